The topological polar surface area (TPSA) is 24.9 Å². The molecule has 15 heavy (non-hydrogen) atoms. The fourth-order valence-electron chi connectivity index (χ4n) is 1.35. The maximum atomic E-state index is 13.3. The number of aromatic nitrogens is 1. The van der Waals surface area contributed by atoms with Gasteiger partial charge >= 0.3 is 0 Å². The van der Waals surface area contributed by atoms with E-state index in [1.165, 1.54) is 12.3 Å². The average molecular weight is 249 g/mol. The first-order valence-corrected chi connectivity index (χ1v) is 5.67. The monoisotopic (exact) mass is 248 g/mol. The summed E-state index contributed by atoms with van der Waals surface area (Å²) in [5.74, 6) is 0.429. The van der Waals surface area contributed by atoms with Crippen LogP contribution in [0.1, 0.15) is 12.8 Å². The highest BCUT2D eigenvalue weighted by Gasteiger charge is 2.41. The molecule has 1 saturated carbocycles. The van der Waals surface area contributed by atoms with Crippen molar-refractivity contribution in [1.29, 1.82) is 0 Å². The second kappa shape index (κ2) is 4.14. The Bertz CT molecular complexity index is 366. The molecule has 2 rings (SSSR count). The standard InChI is InChI=1S/C10H11Cl2FN2/c11-5-10(1-2-10)6-15-9-8(13)3-7(12)4-14-9/h3-4H,1-2,5-6H2,(H,14,15). The van der Waals surface area contributed by atoms with Crippen molar-refractivity contribution in [2.45, 2.75) is 12.8 Å². The summed E-state index contributed by atoms with van der Waals surface area (Å²) < 4.78 is 13.3. The van der Waals surface area contributed by atoms with Crippen LogP contribution in [0.15, 0.2) is 12.3 Å². The molecule has 1 fully saturated rings. The highest BCUT2D eigenvalue weighted by molar-refractivity contribution is 6.30. The van der Waals surface area contributed by atoms with E-state index in [0.29, 0.717) is 17.4 Å². The van der Waals surface area contributed by atoms with E-state index in [9.17, 15) is 4.39 Å². The molecule has 82 valence electrons. The van der Waals surface area contributed by atoms with Gasteiger partial charge in [0.2, 0.25) is 0 Å². The van der Waals surface area contributed by atoms with Crippen LogP contribution in [-0.4, -0.2) is 17.4 Å². The largest absolute Gasteiger partial charge is 0.367 e. The molecule has 0 aliphatic heterocycles. The van der Waals surface area contributed by atoms with Crippen molar-refractivity contribution in [2.24, 2.45) is 5.41 Å². The van der Waals surface area contributed by atoms with Gasteiger partial charge in [0, 0.05) is 24.0 Å². The zero-order chi connectivity index (χ0) is 10.9. The normalized spacial score (nSPS) is 17.5. The molecular formula is C10H11Cl2FN2. The lowest BCUT2D eigenvalue weighted by Crippen LogP contribution is -2.18. The van der Waals surface area contributed by atoms with E-state index in [2.05, 4.69) is 10.3 Å². The Labute approximate surface area is 97.8 Å². The SMILES string of the molecule is Fc1cc(Cl)cnc1NCC1(CCl)CC1. The summed E-state index contributed by atoms with van der Waals surface area (Å²) in [4.78, 5) is 3.88. The number of hydrogen-bond acceptors (Lipinski definition) is 2. The summed E-state index contributed by atoms with van der Waals surface area (Å²) in [5.41, 5.74) is 0.148. The maximum absolute atomic E-state index is 13.3. The summed E-state index contributed by atoms with van der Waals surface area (Å²) in [6, 6.07) is 1.25. The molecule has 0 spiro atoms. The molecule has 5 heteroatoms. The van der Waals surface area contributed by atoms with E-state index in [1.54, 1.807) is 0 Å². The van der Waals surface area contributed by atoms with Crippen LogP contribution in [0, 0.1) is 11.2 Å². The molecular weight excluding hydrogens is 238 g/mol. The highest BCUT2D eigenvalue weighted by atomic mass is 35.5. The second-order valence-corrected chi connectivity index (χ2v) is 4.67. The number of hydrogen-bond donors (Lipinski definition) is 1. The summed E-state index contributed by atoms with van der Waals surface area (Å²) >= 11 is 11.4. The molecule has 0 atom stereocenters. The fraction of sp³-hybridized carbons (Fsp3) is 0.500. The quantitative estimate of drug-likeness (QED) is 0.828. The zero-order valence-corrected chi connectivity index (χ0v) is 9.58. The first-order chi connectivity index (χ1) is 7.15. The van der Waals surface area contributed by atoms with Gasteiger partial charge in [0.25, 0.3) is 0 Å². The van der Waals surface area contributed by atoms with Crippen LogP contribution < -0.4 is 5.32 Å². The number of nitrogens with zero attached hydrogens (tertiary/aromatic N) is 1. The molecule has 0 bridgehead atoms. The molecule has 1 N–H and O–H groups in total. The second-order valence-electron chi connectivity index (χ2n) is 3.97. The van der Waals surface area contributed by atoms with E-state index in [1.807, 2.05) is 0 Å². The predicted molar refractivity (Wildman–Crippen MR) is 60.1 cm³/mol. The van der Waals surface area contributed by atoms with Gasteiger partial charge in [0.05, 0.1) is 5.02 Å². The van der Waals surface area contributed by atoms with E-state index >= 15 is 0 Å². The molecule has 0 amide bonds. The zero-order valence-electron chi connectivity index (χ0n) is 8.06. The lowest BCUT2D eigenvalue weighted by atomic mass is 10.1. The summed E-state index contributed by atoms with van der Waals surface area (Å²) in [5, 5.41) is 3.27. The van der Waals surface area contributed by atoms with Gasteiger partial charge in [-0.1, -0.05) is 11.6 Å². The van der Waals surface area contributed by atoms with Gasteiger partial charge in [-0.2, -0.15) is 0 Å². The number of nitrogens with one attached hydrogen (secondary N) is 1. The van der Waals surface area contributed by atoms with E-state index < -0.39 is 5.82 Å². The smallest absolute Gasteiger partial charge is 0.166 e. The minimum atomic E-state index is -0.423. The first kappa shape index (κ1) is 11.0. The molecule has 0 aromatic carbocycles. The number of halogens is 3. The van der Waals surface area contributed by atoms with Gasteiger partial charge in [-0.25, -0.2) is 9.37 Å². The Morgan fingerprint density at radius 2 is 2.27 bits per heavy atom. The van der Waals surface area contributed by atoms with Gasteiger partial charge < -0.3 is 5.32 Å². The molecule has 0 saturated heterocycles. The van der Waals surface area contributed by atoms with Crippen molar-refractivity contribution in [2.75, 3.05) is 17.7 Å². The third-order valence-corrected chi connectivity index (χ3v) is 3.45. The van der Waals surface area contributed by atoms with Crippen LogP contribution in [0.25, 0.3) is 0 Å². The number of pyridine rings is 1. The third-order valence-electron chi connectivity index (χ3n) is 2.68. The van der Waals surface area contributed by atoms with Gasteiger partial charge in [-0.05, 0) is 18.9 Å². The van der Waals surface area contributed by atoms with Crippen molar-refractivity contribution in [3.05, 3.63) is 23.1 Å². The summed E-state index contributed by atoms with van der Waals surface area (Å²) in [6.45, 7) is 0.669. The molecule has 1 aromatic rings. The summed E-state index contributed by atoms with van der Waals surface area (Å²) in [6.07, 6.45) is 3.62. The van der Waals surface area contributed by atoms with Gasteiger partial charge in [0.15, 0.2) is 11.6 Å². The van der Waals surface area contributed by atoms with Crippen molar-refractivity contribution < 1.29 is 4.39 Å². The molecule has 2 nitrogen and oxygen atoms in total. The van der Waals surface area contributed by atoms with Crippen LogP contribution in [0.4, 0.5) is 10.2 Å². The first-order valence-electron chi connectivity index (χ1n) is 4.76. The Morgan fingerprint density at radius 1 is 1.53 bits per heavy atom. The Morgan fingerprint density at radius 3 is 2.80 bits per heavy atom. The minimum absolute atomic E-state index is 0.148. The van der Waals surface area contributed by atoms with Crippen LogP contribution in [0.2, 0.25) is 5.02 Å². The molecule has 1 aliphatic carbocycles. The molecule has 1 heterocycles. The van der Waals surface area contributed by atoms with Crippen LogP contribution >= 0.6 is 23.2 Å². The van der Waals surface area contributed by atoms with Crippen LogP contribution in [-0.2, 0) is 0 Å². The van der Waals surface area contributed by atoms with Crippen molar-refractivity contribution >= 4 is 29.0 Å². The highest BCUT2D eigenvalue weighted by Crippen LogP contribution is 2.46. The Kier molecular flexibility index (Phi) is 3.03. The Hall–Kier alpha value is -0.540. The van der Waals surface area contributed by atoms with E-state index in [-0.39, 0.29) is 11.2 Å². The lowest BCUT2D eigenvalue weighted by molar-refractivity contribution is 0.597. The van der Waals surface area contributed by atoms with Crippen LogP contribution in [0.5, 0.6) is 0 Å². The van der Waals surface area contributed by atoms with Crippen molar-refractivity contribution in [3.8, 4) is 0 Å². The fourth-order valence-corrected chi connectivity index (χ4v) is 1.86. The lowest BCUT2D eigenvalue weighted by Gasteiger charge is -2.13. The predicted octanol–water partition coefficient (Wildman–Crippen LogP) is 3.31. The molecule has 1 aromatic heterocycles. The summed E-state index contributed by atoms with van der Waals surface area (Å²) in [7, 11) is 0. The van der Waals surface area contributed by atoms with E-state index in [0.717, 1.165) is 12.8 Å². The van der Waals surface area contributed by atoms with Gasteiger partial charge in [-0.3, -0.25) is 0 Å². The van der Waals surface area contributed by atoms with Gasteiger partial charge in [-0.15, -0.1) is 11.6 Å². The van der Waals surface area contributed by atoms with E-state index in [4.69, 9.17) is 23.2 Å². The molecule has 1 aliphatic rings. The maximum Gasteiger partial charge on any atom is 0.166 e. The number of rotatable bonds is 4. The van der Waals surface area contributed by atoms with Gasteiger partial charge in [0.1, 0.15) is 0 Å². The average Bonchev–Trinajstić information content (AvgIpc) is 2.97. The Balaban J connectivity index is 1.99. The third kappa shape index (κ3) is 2.52. The number of anilines is 1. The molecule has 0 unspecified atom stereocenters. The molecule has 0 radical (unpaired) electrons. The minimum Gasteiger partial charge on any atom is -0.367 e. The van der Waals surface area contributed by atoms with Crippen molar-refractivity contribution in [1.82, 2.24) is 4.98 Å². The number of alkyl halides is 1. The van der Waals surface area contributed by atoms with Crippen LogP contribution in [0.3, 0.4) is 0 Å². The van der Waals surface area contributed by atoms with Crippen molar-refractivity contribution in [3.63, 3.8) is 0 Å².